The first kappa shape index (κ1) is 10.7. The number of para-hydroxylation sites is 1. The molecule has 0 aromatic heterocycles. The minimum atomic E-state index is 0.697. The highest BCUT2D eigenvalue weighted by Crippen LogP contribution is 2.31. The van der Waals surface area contributed by atoms with Crippen LogP contribution in [-0.2, 0) is 0 Å². The van der Waals surface area contributed by atoms with Gasteiger partial charge in [-0.25, -0.2) is 0 Å². The first-order valence-corrected chi connectivity index (χ1v) is 5.60. The van der Waals surface area contributed by atoms with Gasteiger partial charge in [-0.2, -0.15) is 0 Å². The van der Waals surface area contributed by atoms with Crippen molar-refractivity contribution >= 4 is 0 Å². The Labute approximate surface area is 96.7 Å². The van der Waals surface area contributed by atoms with Gasteiger partial charge in [0.05, 0.1) is 6.61 Å². The van der Waals surface area contributed by atoms with E-state index in [2.05, 4.69) is 37.3 Å². The van der Waals surface area contributed by atoms with Gasteiger partial charge in [-0.05, 0) is 31.0 Å². The molecule has 0 bridgehead atoms. The van der Waals surface area contributed by atoms with Gasteiger partial charge in [-0.1, -0.05) is 42.5 Å². The highest BCUT2D eigenvalue weighted by Gasteiger charge is 2.06. The van der Waals surface area contributed by atoms with Crippen LogP contribution in [0.5, 0.6) is 5.75 Å². The van der Waals surface area contributed by atoms with E-state index in [9.17, 15) is 0 Å². The zero-order valence-corrected chi connectivity index (χ0v) is 9.73. The van der Waals surface area contributed by atoms with E-state index in [1.54, 1.807) is 0 Å². The molecule has 0 fully saturated rings. The standard InChI is InChI=1S/C15H16O/c1-3-16-15-11-7-6-10-14(15)13-9-5-4-8-12(13)2/h4-11H,3H2,1-2H3. The van der Waals surface area contributed by atoms with Crippen LogP contribution in [0.15, 0.2) is 48.5 Å². The van der Waals surface area contributed by atoms with Gasteiger partial charge in [0.15, 0.2) is 0 Å². The van der Waals surface area contributed by atoms with Crippen LogP contribution in [0.25, 0.3) is 11.1 Å². The maximum atomic E-state index is 5.65. The minimum absolute atomic E-state index is 0.697. The second-order valence-electron chi connectivity index (χ2n) is 3.74. The number of hydrogen-bond acceptors (Lipinski definition) is 1. The molecule has 0 atom stereocenters. The summed E-state index contributed by atoms with van der Waals surface area (Å²) in [5.41, 5.74) is 3.68. The average molecular weight is 212 g/mol. The SMILES string of the molecule is CCOc1ccccc1-c1ccccc1C. The maximum Gasteiger partial charge on any atom is 0.127 e. The van der Waals surface area contributed by atoms with Crippen LogP contribution >= 0.6 is 0 Å². The molecule has 82 valence electrons. The Balaban J connectivity index is 2.51. The van der Waals surface area contributed by atoms with Crippen molar-refractivity contribution in [3.8, 4) is 16.9 Å². The van der Waals surface area contributed by atoms with E-state index in [-0.39, 0.29) is 0 Å². The van der Waals surface area contributed by atoms with Crippen LogP contribution in [0.3, 0.4) is 0 Å². The smallest absolute Gasteiger partial charge is 0.127 e. The molecule has 0 heterocycles. The number of rotatable bonds is 3. The molecule has 0 amide bonds. The Bertz CT molecular complexity index is 474. The lowest BCUT2D eigenvalue weighted by Crippen LogP contribution is -1.94. The number of aryl methyl sites for hydroxylation is 1. The van der Waals surface area contributed by atoms with Crippen molar-refractivity contribution in [3.05, 3.63) is 54.1 Å². The Morgan fingerprint density at radius 3 is 2.19 bits per heavy atom. The fraction of sp³-hybridized carbons (Fsp3) is 0.200. The quantitative estimate of drug-likeness (QED) is 0.745. The van der Waals surface area contributed by atoms with E-state index in [1.165, 1.54) is 16.7 Å². The highest BCUT2D eigenvalue weighted by molar-refractivity contribution is 5.73. The molecule has 0 saturated carbocycles. The third-order valence-electron chi connectivity index (χ3n) is 2.62. The summed E-state index contributed by atoms with van der Waals surface area (Å²) in [4.78, 5) is 0. The van der Waals surface area contributed by atoms with E-state index < -0.39 is 0 Å². The Hall–Kier alpha value is -1.76. The van der Waals surface area contributed by atoms with Crippen molar-refractivity contribution in [2.45, 2.75) is 13.8 Å². The third-order valence-corrected chi connectivity index (χ3v) is 2.62. The molecule has 2 aromatic rings. The van der Waals surface area contributed by atoms with Gasteiger partial charge in [0, 0.05) is 5.56 Å². The lowest BCUT2D eigenvalue weighted by Gasteiger charge is -2.11. The summed E-state index contributed by atoms with van der Waals surface area (Å²) in [5.74, 6) is 0.958. The Morgan fingerprint density at radius 2 is 1.50 bits per heavy atom. The normalized spacial score (nSPS) is 10.1. The summed E-state index contributed by atoms with van der Waals surface area (Å²) in [6.45, 7) is 4.83. The van der Waals surface area contributed by atoms with Gasteiger partial charge in [0.2, 0.25) is 0 Å². The minimum Gasteiger partial charge on any atom is -0.493 e. The summed E-state index contributed by atoms with van der Waals surface area (Å²) in [7, 11) is 0. The molecule has 0 spiro atoms. The van der Waals surface area contributed by atoms with Gasteiger partial charge < -0.3 is 4.74 Å². The van der Waals surface area contributed by atoms with Crippen LogP contribution in [0.1, 0.15) is 12.5 Å². The van der Waals surface area contributed by atoms with Crippen LogP contribution in [0.4, 0.5) is 0 Å². The zero-order chi connectivity index (χ0) is 11.4. The van der Waals surface area contributed by atoms with Crippen molar-refractivity contribution in [1.82, 2.24) is 0 Å². The van der Waals surface area contributed by atoms with Crippen LogP contribution < -0.4 is 4.74 Å². The van der Waals surface area contributed by atoms with Gasteiger partial charge in [-0.15, -0.1) is 0 Å². The predicted molar refractivity (Wildman–Crippen MR) is 67.8 cm³/mol. The molecule has 0 unspecified atom stereocenters. The van der Waals surface area contributed by atoms with E-state index in [0.717, 1.165) is 5.75 Å². The van der Waals surface area contributed by atoms with Gasteiger partial charge >= 0.3 is 0 Å². The topological polar surface area (TPSA) is 9.23 Å². The molecule has 2 aromatic carbocycles. The maximum absolute atomic E-state index is 5.65. The Kier molecular flexibility index (Phi) is 3.25. The highest BCUT2D eigenvalue weighted by atomic mass is 16.5. The van der Waals surface area contributed by atoms with Gasteiger partial charge in [-0.3, -0.25) is 0 Å². The summed E-state index contributed by atoms with van der Waals surface area (Å²) in [5, 5.41) is 0. The largest absolute Gasteiger partial charge is 0.493 e. The van der Waals surface area contributed by atoms with Crippen molar-refractivity contribution < 1.29 is 4.74 Å². The van der Waals surface area contributed by atoms with E-state index in [0.29, 0.717) is 6.61 Å². The summed E-state index contributed by atoms with van der Waals surface area (Å²) in [6.07, 6.45) is 0. The third kappa shape index (κ3) is 2.08. The molecule has 0 aliphatic heterocycles. The van der Waals surface area contributed by atoms with E-state index in [1.807, 2.05) is 25.1 Å². The van der Waals surface area contributed by atoms with Crippen molar-refractivity contribution in [2.24, 2.45) is 0 Å². The molecule has 0 saturated heterocycles. The summed E-state index contributed by atoms with van der Waals surface area (Å²) < 4.78 is 5.65. The molecule has 1 heteroatoms. The number of benzene rings is 2. The predicted octanol–water partition coefficient (Wildman–Crippen LogP) is 4.06. The first-order valence-electron chi connectivity index (χ1n) is 5.60. The molecule has 2 rings (SSSR count). The second-order valence-corrected chi connectivity index (χ2v) is 3.74. The number of hydrogen-bond donors (Lipinski definition) is 0. The van der Waals surface area contributed by atoms with Gasteiger partial charge in [0.1, 0.15) is 5.75 Å². The molecule has 0 radical (unpaired) electrons. The summed E-state index contributed by atoms with van der Waals surface area (Å²) in [6, 6.07) is 16.5. The zero-order valence-electron chi connectivity index (χ0n) is 9.73. The average Bonchev–Trinajstić information content (AvgIpc) is 2.31. The van der Waals surface area contributed by atoms with Crippen LogP contribution in [0.2, 0.25) is 0 Å². The van der Waals surface area contributed by atoms with E-state index >= 15 is 0 Å². The Morgan fingerprint density at radius 1 is 0.875 bits per heavy atom. The lowest BCUT2D eigenvalue weighted by molar-refractivity contribution is 0.341. The molecule has 0 N–H and O–H groups in total. The second kappa shape index (κ2) is 4.84. The van der Waals surface area contributed by atoms with Crippen LogP contribution in [-0.4, -0.2) is 6.61 Å². The van der Waals surface area contributed by atoms with Crippen molar-refractivity contribution in [2.75, 3.05) is 6.61 Å². The lowest BCUT2D eigenvalue weighted by atomic mass is 10.00. The van der Waals surface area contributed by atoms with E-state index in [4.69, 9.17) is 4.74 Å². The van der Waals surface area contributed by atoms with Crippen LogP contribution in [0, 0.1) is 6.92 Å². The number of ether oxygens (including phenoxy) is 1. The first-order chi connectivity index (χ1) is 7.83. The molecule has 0 aliphatic rings. The molecule has 0 aliphatic carbocycles. The monoisotopic (exact) mass is 212 g/mol. The van der Waals surface area contributed by atoms with Crippen molar-refractivity contribution in [1.29, 1.82) is 0 Å². The molecular formula is C15H16O. The molecule has 16 heavy (non-hydrogen) atoms. The van der Waals surface area contributed by atoms with Gasteiger partial charge in [0.25, 0.3) is 0 Å². The fourth-order valence-corrected chi connectivity index (χ4v) is 1.85. The summed E-state index contributed by atoms with van der Waals surface area (Å²) >= 11 is 0. The van der Waals surface area contributed by atoms with Crippen molar-refractivity contribution in [3.63, 3.8) is 0 Å². The molecular weight excluding hydrogens is 196 g/mol. The fourth-order valence-electron chi connectivity index (χ4n) is 1.85. The molecule has 1 nitrogen and oxygen atoms in total.